The first-order valence-corrected chi connectivity index (χ1v) is 4.89. The lowest BCUT2D eigenvalue weighted by Gasteiger charge is -2.10. The van der Waals surface area contributed by atoms with Crippen molar-refractivity contribution < 1.29 is 19.4 Å². The monoisotopic (exact) mass is 214 g/mol. The van der Waals surface area contributed by atoms with E-state index in [1.807, 2.05) is 13.8 Å². The van der Waals surface area contributed by atoms with Gasteiger partial charge in [0.05, 0.1) is 13.0 Å². The topological polar surface area (TPSA) is 63.6 Å². The number of ether oxygens (including phenoxy) is 1. The second-order valence-electron chi connectivity index (χ2n) is 4.04. The molecule has 0 heterocycles. The molecule has 86 valence electrons. The predicted molar refractivity (Wildman–Crippen MR) is 56.4 cm³/mol. The minimum atomic E-state index is -1.02. The molecule has 0 unspecified atom stereocenters. The number of allylic oxidation sites excluding steroid dienone is 1. The van der Waals surface area contributed by atoms with Crippen LogP contribution in [0.3, 0.4) is 0 Å². The maximum atomic E-state index is 11.5. The summed E-state index contributed by atoms with van der Waals surface area (Å²) in [4.78, 5) is 22.0. The number of carboxylic acids is 1. The summed E-state index contributed by atoms with van der Waals surface area (Å²) < 4.78 is 4.97. The Morgan fingerprint density at radius 2 is 1.80 bits per heavy atom. The van der Waals surface area contributed by atoms with Crippen LogP contribution < -0.4 is 0 Å². The molecule has 0 saturated heterocycles. The number of rotatable bonds is 5. The third kappa shape index (κ3) is 5.88. The second-order valence-corrected chi connectivity index (χ2v) is 4.04. The highest BCUT2D eigenvalue weighted by Crippen LogP contribution is 2.11. The van der Waals surface area contributed by atoms with Crippen LogP contribution in [0, 0.1) is 5.92 Å². The molecule has 0 rings (SSSR count). The Morgan fingerprint density at radius 3 is 2.13 bits per heavy atom. The lowest BCUT2D eigenvalue weighted by Crippen LogP contribution is -2.15. The van der Waals surface area contributed by atoms with E-state index in [1.54, 1.807) is 13.8 Å². The fourth-order valence-electron chi connectivity index (χ4n) is 0.934. The standard InChI is InChI=1S/C11H18O4/c1-7(2)6-15-11(14)9(8(3)4)5-10(12)13/h7H,5-6H2,1-4H3,(H,12,13). The van der Waals surface area contributed by atoms with Crippen molar-refractivity contribution in [1.29, 1.82) is 0 Å². The van der Waals surface area contributed by atoms with E-state index < -0.39 is 11.9 Å². The number of esters is 1. The van der Waals surface area contributed by atoms with Gasteiger partial charge in [0.15, 0.2) is 0 Å². The Labute approximate surface area is 89.9 Å². The fraction of sp³-hybridized carbons (Fsp3) is 0.636. The molecule has 4 heteroatoms. The lowest BCUT2D eigenvalue weighted by molar-refractivity contribution is -0.143. The van der Waals surface area contributed by atoms with E-state index in [1.165, 1.54) is 0 Å². The van der Waals surface area contributed by atoms with Crippen molar-refractivity contribution in [3.8, 4) is 0 Å². The van der Waals surface area contributed by atoms with Crippen LogP contribution in [0.4, 0.5) is 0 Å². The SMILES string of the molecule is CC(C)=C(CC(=O)O)C(=O)OCC(C)C. The van der Waals surface area contributed by atoms with E-state index in [-0.39, 0.29) is 17.9 Å². The Kier molecular flexibility index (Phi) is 5.67. The summed E-state index contributed by atoms with van der Waals surface area (Å²) >= 11 is 0. The van der Waals surface area contributed by atoms with Gasteiger partial charge >= 0.3 is 11.9 Å². The van der Waals surface area contributed by atoms with Gasteiger partial charge in [-0.2, -0.15) is 0 Å². The second kappa shape index (κ2) is 6.22. The summed E-state index contributed by atoms with van der Waals surface area (Å²) in [5, 5.41) is 8.62. The minimum absolute atomic E-state index is 0.239. The maximum Gasteiger partial charge on any atom is 0.334 e. The fourth-order valence-corrected chi connectivity index (χ4v) is 0.934. The zero-order valence-corrected chi connectivity index (χ0v) is 9.66. The van der Waals surface area contributed by atoms with Crippen LogP contribution in [0.1, 0.15) is 34.1 Å². The van der Waals surface area contributed by atoms with E-state index in [0.29, 0.717) is 12.2 Å². The zero-order chi connectivity index (χ0) is 12.0. The number of carbonyl (C=O) groups excluding carboxylic acids is 1. The zero-order valence-electron chi connectivity index (χ0n) is 9.66. The summed E-state index contributed by atoms with van der Waals surface area (Å²) in [5.41, 5.74) is 0.925. The van der Waals surface area contributed by atoms with Crippen LogP contribution in [0.5, 0.6) is 0 Å². The first kappa shape index (κ1) is 13.7. The van der Waals surface area contributed by atoms with Crippen LogP contribution in [-0.2, 0) is 14.3 Å². The van der Waals surface area contributed by atoms with Gasteiger partial charge in [-0.05, 0) is 19.8 Å². The Morgan fingerprint density at radius 1 is 1.27 bits per heavy atom. The molecule has 0 saturated carbocycles. The van der Waals surface area contributed by atoms with Gasteiger partial charge in [-0.15, -0.1) is 0 Å². The number of carboxylic acid groups (broad SMARTS) is 1. The smallest absolute Gasteiger partial charge is 0.334 e. The Hall–Kier alpha value is -1.32. The lowest BCUT2D eigenvalue weighted by atomic mass is 10.1. The number of aliphatic carboxylic acids is 1. The van der Waals surface area contributed by atoms with Crippen molar-refractivity contribution in [1.82, 2.24) is 0 Å². The molecule has 0 aliphatic heterocycles. The van der Waals surface area contributed by atoms with E-state index >= 15 is 0 Å². The normalized spacial score (nSPS) is 9.93. The molecule has 0 aromatic rings. The third-order valence-electron chi connectivity index (χ3n) is 1.73. The Bertz CT molecular complexity index is 272. The first-order valence-electron chi connectivity index (χ1n) is 4.89. The molecule has 4 nitrogen and oxygen atoms in total. The summed E-state index contributed by atoms with van der Waals surface area (Å²) in [5.74, 6) is -1.30. The average molecular weight is 214 g/mol. The van der Waals surface area contributed by atoms with Gasteiger partial charge in [0.1, 0.15) is 0 Å². The van der Waals surface area contributed by atoms with Gasteiger partial charge in [0.25, 0.3) is 0 Å². The molecule has 0 aliphatic carbocycles. The molecule has 0 atom stereocenters. The molecule has 0 radical (unpaired) electrons. The van der Waals surface area contributed by atoms with Crippen molar-refractivity contribution >= 4 is 11.9 Å². The molecular weight excluding hydrogens is 196 g/mol. The molecule has 0 aliphatic rings. The van der Waals surface area contributed by atoms with Crippen LogP contribution in [0.25, 0.3) is 0 Å². The Balaban J connectivity index is 4.46. The third-order valence-corrected chi connectivity index (χ3v) is 1.73. The molecule has 0 aromatic heterocycles. The predicted octanol–water partition coefficient (Wildman–Crippen LogP) is 2.00. The molecule has 15 heavy (non-hydrogen) atoms. The molecule has 0 aromatic carbocycles. The van der Waals surface area contributed by atoms with Gasteiger partial charge in [-0.25, -0.2) is 4.79 Å². The van der Waals surface area contributed by atoms with Crippen molar-refractivity contribution in [2.24, 2.45) is 5.92 Å². The summed E-state index contributed by atoms with van der Waals surface area (Å²) in [6.07, 6.45) is -0.279. The van der Waals surface area contributed by atoms with Crippen molar-refractivity contribution in [3.63, 3.8) is 0 Å². The highest BCUT2D eigenvalue weighted by molar-refractivity contribution is 5.94. The highest BCUT2D eigenvalue weighted by atomic mass is 16.5. The van der Waals surface area contributed by atoms with E-state index in [9.17, 15) is 9.59 Å². The molecule has 0 fully saturated rings. The first-order chi connectivity index (χ1) is 6.84. The van der Waals surface area contributed by atoms with Crippen molar-refractivity contribution in [2.75, 3.05) is 6.61 Å². The largest absolute Gasteiger partial charge is 0.481 e. The average Bonchev–Trinajstić information content (AvgIpc) is 2.09. The van der Waals surface area contributed by atoms with Gasteiger partial charge in [-0.1, -0.05) is 19.4 Å². The van der Waals surface area contributed by atoms with Crippen LogP contribution >= 0.6 is 0 Å². The quantitative estimate of drug-likeness (QED) is 0.561. The van der Waals surface area contributed by atoms with Crippen LogP contribution in [0.15, 0.2) is 11.1 Å². The molecule has 1 N–H and O–H groups in total. The molecule has 0 bridgehead atoms. The van der Waals surface area contributed by atoms with Crippen molar-refractivity contribution in [3.05, 3.63) is 11.1 Å². The van der Waals surface area contributed by atoms with E-state index in [2.05, 4.69) is 0 Å². The number of hydrogen-bond acceptors (Lipinski definition) is 3. The summed E-state index contributed by atoms with van der Waals surface area (Å²) in [7, 11) is 0. The highest BCUT2D eigenvalue weighted by Gasteiger charge is 2.16. The summed E-state index contributed by atoms with van der Waals surface area (Å²) in [6.45, 7) is 7.57. The molecule has 0 spiro atoms. The van der Waals surface area contributed by atoms with Crippen molar-refractivity contribution in [2.45, 2.75) is 34.1 Å². The maximum absolute atomic E-state index is 11.5. The summed E-state index contributed by atoms with van der Waals surface area (Å²) in [6, 6.07) is 0. The van der Waals surface area contributed by atoms with Gasteiger partial charge in [-0.3, -0.25) is 4.79 Å². The number of hydrogen-bond donors (Lipinski definition) is 1. The van der Waals surface area contributed by atoms with Gasteiger partial charge < -0.3 is 9.84 Å². The molecule has 0 amide bonds. The van der Waals surface area contributed by atoms with Crippen LogP contribution in [-0.4, -0.2) is 23.7 Å². The van der Waals surface area contributed by atoms with E-state index in [4.69, 9.17) is 9.84 Å². The van der Waals surface area contributed by atoms with E-state index in [0.717, 1.165) is 0 Å². The number of carbonyl (C=O) groups is 2. The minimum Gasteiger partial charge on any atom is -0.481 e. The van der Waals surface area contributed by atoms with Gasteiger partial charge in [0, 0.05) is 5.57 Å². The van der Waals surface area contributed by atoms with Crippen LogP contribution in [0.2, 0.25) is 0 Å². The van der Waals surface area contributed by atoms with Gasteiger partial charge in [0.2, 0.25) is 0 Å². The molecular formula is C11H18O4.